The Morgan fingerprint density at radius 1 is 0.875 bits per heavy atom. The highest BCUT2D eigenvalue weighted by molar-refractivity contribution is 5.99. The fraction of sp³-hybridized carbons (Fsp3) is 0.211. The van der Waals surface area contributed by atoms with Crippen LogP contribution in [0.4, 0.5) is 11.5 Å². The van der Waals surface area contributed by atoms with Gasteiger partial charge in [-0.3, -0.25) is 0 Å². The van der Waals surface area contributed by atoms with Crippen molar-refractivity contribution in [1.82, 2.24) is 19.5 Å². The van der Waals surface area contributed by atoms with Crippen molar-refractivity contribution in [1.29, 1.82) is 0 Å². The molecule has 0 saturated carbocycles. The molecule has 0 unspecified atom stereocenters. The number of aryl methyl sites for hydroxylation is 4. The maximum Gasteiger partial charge on any atom is 0.141 e. The van der Waals surface area contributed by atoms with Crippen LogP contribution < -0.4 is 5.32 Å². The van der Waals surface area contributed by atoms with Crippen molar-refractivity contribution < 1.29 is 0 Å². The third-order valence-electron chi connectivity index (χ3n) is 4.40. The van der Waals surface area contributed by atoms with Crippen LogP contribution >= 0.6 is 0 Å². The summed E-state index contributed by atoms with van der Waals surface area (Å²) in [7, 11) is 1.99. The van der Waals surface area contributed by atoms with E-state index < -0.39 is 0 Å². The Morgan fingerprint density at radius 2 is 1.62 bits per heavy atom. The smallest absolute Gasteiger partial charge is 0.141 e. The second kappa shape index (κ2) is 5.30. The molecule has 0 amide bonds. The third-order valence-corrected chi connectivity index (χ3v) is 4.40. The number of rotatable bonds is 2. The van der Waals surface area contributed by atoms with Crippen molar-refractivity contribution in [3.8, 4) is 0 Å². The molecule has 2 aromatic heterocycles. The molecule has 2 aromatic carbocycles. The second-order valence-electron chi connectivity index (χ2n) is 6.33. The molecule has 1 N–H and O–H groups in total. The predicted molar refractivity (Wildman–Crippen MR) is 97.7 cm³/mol. The monoisotopic (exact) mass is 317 g/mol. The number of nitrogens with zero attached hydrogens (tertiary/aromatic N) is 4. The maximum absolute atomic E-state index is 4.48. The summed E-state index contributed by atoms with van der Waals surface area (Å²) in [6, 6.07) is 8.46. The Balaban J connectivity index is 1.91. The lowest BCUT2D eigenvalue weighted by atomic mass is 10.0. The second-order valence-corrected chi connectivity index (χ2v) is 6.33. The van der Waals surface area contributed by atoms with E-state index in [2.05, 4.69) is 59.2 Å². The summed E-state index contributed by atoms with van der Waals surface area (Å²) in [5, 5.41) is 4.50. The summed E-state index contributed by atoms with van der Waals surface area (Å²) in [5.74, 6) is 0.818. The van der Waals surface area contributed by atoms with E-state index in [1.807, 2.05) is 24.0 Å². The van der Waals surface area contributed by atoms with Gasteiger partial charge in [0.2, 0.25) is 0 Å². The molecular formula is C19H19N5. The van der Waals surface area contributed by atoms with Crippen molar-refractivity contribution in [2.45, 2.75) is 20.8 Å². The first-order valence-corrected chi connectivity index (χ1v) is 7.93. The minimum Gasteiger partial charge on any atom is -0.339 e. The van der Waals surface area contributed by atoms with Crippen molar-refractivity contribution in [3.05, 3.63) is 53.6 Å². The highest BCUT2D eigenvalue weighted by Crippen LogP contribution is 2.30. The number of anilines is 2. The number of hydrogen-bond acceptors (Lipinski definition) is 4. The SMILES string of the molecule is Cc1cc(C)c(Nc2ncnc3cc4ncn(C)c4cc23)c(C)c1. The molecule has 0 bridgehead atoms. The molecule has 5 heteroatoms. The quantitative estimate of drug-likeness (QED) is 0.602. The summed E-state index contributed by atoms with van der Waals surface area (Å²) >= 11 is 0. The minimum atomic E-state index is 0.818. The molecule has 4 aromatic rings. The lowest BCUT2D eigenvalue weighted by molar-refractivity contribution is 0.948. The number of hydrogen-bond donors (Lipinski definition) is 1. The first-order valence-electron chi connectivity index (χ1n) is 7.93. The molecule has 0 aliphatic heterocycles. The minimum absolute atomic E-state index is 0.818. The van der Waals surface area contributed by atoms with Gasteiger partial charge in [0.1, 0.15) is 12.1 Å². The summed E-state index contributed by atoms with van der Waals surface area (Å²) < 4.78 is 2.01. The van der Waals surface area contributed by atoms with Crippen LogP contribution in [-0.2, 0) is 7.05 Å². The highest BCUT2D eigenvalue weighted by atomic mass is 15.0. The van der Waals surface area contributed by atoms with Gasteiger partial charge >= 0.3 is 0 Å². The average molecular weight is 317 g/mol. The Labute approximate surface area is 140 Å². The van der Waals surface area contributed by atoms with Crippen LogP contribution in [0.25, 0.3) is 21.9 Å². The molecule has 2 heterocycles. The van der Waals surface area contributed by atoms with Crippen LogP contribution in [0, 0.1) is 20.8 Å². The number of benzene rings is 2. The van der Waals surface area contributed by atoms with Gasteiger partial charge in [0, 0.05) is 18.1 Å². The van der Waals surface area contributed by atoms with E-state index >= 15 is 0 Å². The molecule has 0 radical (unpaired) electrons. The summed E-state index contributed by atoms with van der Waals surface area (Å²) in [6.45, 7) is 6.35. The van der Waals surface area contributed by atoms with Crippen LogP contribution in [-0.4, -0.2) is 19.5 Å². The van der Waals surface area contributed by atoms with Gasteiger partial charge in [-0.25, -0.2) is 15.0 Å². The van der Waals surface area contributed by atoms with Crippen LogP contribution in [0.1, 0.15) is 16.7 Å². The summed E-state index contributed by atoms with van der Waals surface area (Å²) in [5.41, 5.74) is 7.68. The molecule has 4 rings (SSSR count). The van der Waals surface area contributed by atoms with Gasteiger partial charge in [-0.05, 0) is 44.0 Å². The van der Waals surface area contributed by atoms with E-state index in [0.29, 0.717) is 0 Å². The van der Waals surface area contributed by atoms with Crippen molar-refractivity contribution in [3.63, 3.8) is 0 Å². The highest BCUT2D eigenvalue weighted by Gasteiger charge is 2.11. The lowest BCUT2D eigenvalue weighted by Gasteiger charge is -2.14. The predicted octanol–water partition coefficient (Wildman–Crippen LogP) is 4.19. The third kappa shape index (κ3) is 2.29. The molecule has 0 fully saturated rings. The Morgan fingerprint density at radius 3 is 2.38 bits per heavy atom. The number of nitrogens with one attached hydrogen (secondary N) is 1. The topological polar surface area (TPSA) is 55.6 Å². The zero-order valence-corrected chi connectivity index (χ0v) is 14.3. The van der Waals surface area contributed by atoms with Gasteiger partial charge in [0.05, 0.1) is 22.9 Å². The van der Waals surface area contributed by atoms with Gasteiger partial charge < -0.3 is 9.88 Å². The molecule has 0 aliphatic rings. The molecule has 0 atom stereocenters. The Kier molecular flexibility index (Phi) is 3.23. The van der Waals surface area contributed by atoms with Crippen LogP contribution in [0.15, 0.2) is 36.9 Å². The molecule has 24 heavy (non-hydrogen) atoms. The van der Waals surface area contributed by atoms with Gasteiger partial charge in [0.25, 0.3) is 0 Å². The van der Waals surface area contributed by atoms with E-state index in [9.17, 15) is 0 Å². The van der Waals surface area contributed by atoms with Gasteiger partial charge in [-0.2, -0.15) is 0 Å². The summed E-state index contributed by atoms with van der Waals surface area (Å²) in [6.07, 6.45) is 3.41. The van der Waals surface area contributed by atoms with Gasteiger partial charge in [-0.1, -0.05) is 17.7 Å². The standard InChI is InChI=1S/C19H19N5/c1-11-5-12(2)18(13(3)6-11)23-19-14-7-17-16(22-10-24(17)4)8-15(14)20-9-21-19/h5-10H,1-4H3,(H,20,21,23). The van der Waals surface area contributed by atoms with E-state index in [4.69, 9.17) is 0 Å². The molecule has 120 valence electrons. The van der Waals surface area contributed by atoms with E-state index in [-0.39, 0.29) is 0 Å². The van der Waals surface area contributed by atoms with E-state index in [1.54, 1.807) is 6.33 Å². The first-order chi connectivity index (χ1) is 11.5. The molecule has 5 nitrogen and oxygen atoms in total. The summed E-state index contributed by atoms with van der Waals surface area (Å²) in [4.78, 5) is 13.3. The van der Waals surface area contributed by atoms with Crippen LogP contribution in [0.2, 0.25) is 0 Å². The Hall–Kier alpha value is -2.95. The lowest BCUT2D eigenvalue weighted by Crippen LogP contribution is -2.00. The van der Waals surface area contributed by atoms with Crippen molar-refractivity contribution in [2.75, 3.05) is 5.32 Å². The number of imidazole rings is 1. The van der Waals surface area contributed by atoms with E-state index in [1.165, 1.54) is 16.7 Å². The first kappa shape index (κ1) is 14.6. The average Bonchev–Trinajstić information content (AvgIpc) is 2.89. The van der Waals surface area contributed by atoms with E-state index in [0.717, 1.165) is 33.4 Å². The number of aromatic nitrogens is 4. The maximum atomic E-state index is 4.48. The van der Waals surface area contributed by atoms with Gasteiger partial charge in [0.15, 0.2) is 0 Å². The van der Waals surface area contributed by atoms with Crippen LogP contribution in [0.3, 0.4) is 0 Å². The molecular weight excluding hydrogens is 298 g/mol. The zero-order valence-electron chi connectivity index (χ0n) is 14.3. The van der Waals surface area contributed by atoms with Crippen molar-refractivity contribution in [2.24, 2.45) is 7.05 Å². The normalized spacial score (nSPS) is 11.3. The van der Waals surface area contributed by atoms with Gasteiger partial charge in [-0.15, -0.1) is 0 Å². The number of fused-ring (bicyclic) bond motifs is 2. The van der Waals surface area contributed by atoms with Crippen LogP contribution in [0.5, 0.6) is 0 Å². The molecule has 0 saturated heterocycles. The molecule has 0 spiro atoms. The zero-order chi connectivity index (χ0) is 16.8. The van der Waals surface area contributed by atoms with Crippen molar-refractivity contribution >= 4 is 33.4 Å². The fourth-order valence-corrected chi connectivity index (χ4v) is 3.27. The molecule has 0 aliphatic carbocycles. The largest absolute Gasteiger partial charge is 0.339 e. The Bertz CT molecular complexity index is 1050. The fourth-order valence-electron chi connectivity index (χ4n) is 3.27.